The van der Waals surface area contributed by atoms with Crippen molar-refractivity contribution in [1.82, 2.24) is 0 Å². The van der Waals surface area contributed by atoms with Crippen LogP contribution in [0.3, 0.4) is 0 Å². The number of carbonyl (C=O) groups is 1. The Hall–Kier alpha value is -1.71. The van der Waals surface area contributed by atoms with Gasteiger partial charge in [0.15, 0.2) is 11.5 Å². The van der Waals surface area contributed by atoms with Gasteiger partial charge >= 0.3 is 5.97 Å². The van der Waals surface area contributed by atoms with Gasteiger partial charge in [-0.1, -0.05) is 13.8 Å². The Morgan fingerprint density at radius 2 is 1.76 bits per heavy atom. The number of rotatable bonds is 5. The molecule has 1 aromatic rings. The largest absolute Gasteiger partial charge is 0.486 e. The Kier molecular flexibility index (Phi) is 3.79. The molecule has 1 heterocycles. The van der Waals surface area contributed by atoms with E-state index in [4.69, 9.17) is 9.47 Å². The summed E-state index contributed by atoms with van der Waals surface area (Å²) >= 11 is 0. The molecule has 1 N–H and O–H groups in total. The molecule has 1 atom stereocenters. The highest BCUT2D eigenvalue weighted by Crippen LogP contribution is 2.48. The molecule has 4 nitrogen and oxygen atoms in total. The summed E-state index contributed by atoms with van der Waals surface area (Å²) < 4.78 is 11.3. The van der Waals surface area contributed by atoms with Crippen LogP contribution >= 0.6 is 0 Å². The molecule has 3 rings (SSSR count). The summed E-state index contributed by atoms with van der Waals surface area (Å²) in [6.45, 7) is 5.41. The van der Waals surface area contributed by atoms with Crippen LogP contribution in [-0.2, 0) is 4.79 Å². The molecule has 0 amide bonds. The van der Waals surface area contributed by atoms with Gasteiger partial charge in [0.25, 0.3) is 0 Å². The molecular formula is C17H22O4. The van der Waals surface area contributed by atoms with Gasteiger partial charge in [0, 0.05) is 0 Å². The van der Waals surface area contributed by atoms with Crippen molar-refractivity contribution in [3.8, 4) is 11.5 Å². The third-order valence-electron chi connectivity index (χ3n) is 4.35. The summed E-state index contributed by atoms with van der Waals surface area (Å²) in [5.74, 6) is 1.76. The molecule has 1 aliphatic carbocycles. The first-order valence-electron chi connectivity index (χ1n) is 7.71. The lowest BCUT2D eigenvalue weighted by molar-refractivity contribution is -0.137. The maximum atomic E-state index is 11.2. The highest BCUT2D eigenvalue weighted by atomic mass is 16.6. The quantitative estimate of drug-likeness (QED) is 0.901. The van der Waals surface area contributed by atoms with Crippen LogP contribution in [0, 0.1) is 5.92 Å². The van der Waals surface area contributed by atoms with E-state index in [0.717, 1.165) is 29.9 Å². The zero-order valence-electron chi connectivity index (χ0n) is 12.6. The lowest BCUT2D eigenvalue weighted by atomic mass is 9.83. The second-order valence-electron chi connectivity index (χ2n) is 6.32. The van der Waals surface area contributed by atoms with E-state index in [0.29, 0.717) is 25.0 Å². The van der Waals surface area contributed by atoms with Crippen LogP contribution in [-0.4, -0.2) is 24.3 Å². The van der Waals surface area contributed by atoms with Crippen LogP contribution < -0.4 is 9.47 Å². The normalized spacial score (nSPS) is 18.6. The van der Waals surface area contributed by atoms with Crippen molar-refractivity contribution in [3.63, 3.8) is 0 Å². The standard InChI is InChI=1S/C17H22O4/c1-10(2)12-7-15-16(21-6-5-20-15)8-14(12)13(9-17(18)19)11-3-4-11/h7-8,10-11,13H,3-6,9H2,1-2H3,(H,18,19). The monoisotopic (exact) mass is 290 g/mol. The zero-order chi connectivity index (χ0) is 15.0. The highest BCUT2D eigenvalue weighted by molar-refractivity contribution is 5.68. The van der Waals surface area contributed by atoms with Gasteiger partial charge in [0.1, 0.15) is 13.2 Å². The Bertz CT molecular complexity index is 546. The van der Waals surface area contributed by atoms with Crippen LogP contribution in [0.1, 0.15) is 56.1 Å². The summed E-state index contributed by atoms with van der Waals surface area (Å²) in [5, 5.41) is 9.23. The lowest BCUT2D eigenvalue weighted by Crippen LogP contribution is -2.18. The first kappa shape index (κ1) is 14.2. The molecule has 0 bridgehead atoms. The van der Waals surface area contributed by atoms with Crippen LogP contribution in [0.4, 0.5) is 0 Å². The predicted molar refractivity (Wildman–Crippen MR) is 79.2 cm³/mol. The van der Waals surface area contributed by atoms with Crippen molar-refractivity contribution in [1.29, 1.82) is 0 Å². The summed E-state index contributed by atoms with van der Waals surface area (Å²) in [6.07, 6.45) is 2.46. The van der Waals surface area contributed by atoms with Crippen LogP contribution in [0.25, 0.3) is 0 Å². The molecule has 1 saturated carbocycles. The lowest BCUT2D eigenvalue weighted by Gasteiger charge is -2.26. The number of ether oxygens (including phenoxy) is 2. The number of fused-ring (bicyclic) bond motifs is 1. The molecule has 114 valence electrons. The second-order valence-corrected chi connectivity index (χ2v) is 6.32. The van der Waals surface area contributed by atoms with Crippen molar-refractivity contribution < 1.29 is 19.4 Å². The van der Waals surface area contributed by atoms with Crippen molar-refractivity contribution in [3.05, 3.63) is 23.3 Å². The minimum absolute atomic E-state index is 0.0933. The molecule has 2 aliphatic rings. The fourth-order valence-corrected chi connectivity index (χ4v) is 3.16. The van der Waals surface area contributed by atoms with Crippen molar-refractivity contribution in [2.24, 2.45) is 5.92 Å². The van der Waals surface area contributed by atoms with E-state index < -0.39 is 5.97 Å². The van der Waals surface area contributed by atoms with E-state index in [1.165, 1.54) is 5.56 Å². The molecule has 1 aliphatic heterocycles. The minimum Gasteiger partial charge on any atom is -0.486 e. The van der Waals surface area contributed by atoms with Crippen LogP contribution in [0.5, 0.6) is 11.5 Å². The molecule has 0 saturated heterocycles. The molecule has 0 radical (unpaired) electrons. The van der Waals surface area contributed by atoms with Gasteiger partial charge in [-0.3, -0.25) is 4.79 Å². The third kappa shape index (κ3) is 2.99. The van der Waals surface area contributed by atoms with Crippen molar-refractivity contribution in [2.75, 3.05) is 13.2 Å². The molecular weight excluding hydrogens is 268 g/mol. The fourth-order valence-electron chi connectivity index (χ4n) is 3.16. The number of hydrogen-bond acceptors (Lipinski definition) is 3. The number of benzene rings is 1. The Morgan fingerprint density at radius 3 is 2.24 bits per heavy atom. The summed E-state index contributed by atoms with van der Waals surface area (Å²) in [7, 11) is 0. The molecule has 1 unspecified atom stereocenters. The molecule has 4 heteroatoms. The van der Waals surface area contributed by atoms with E-state index in [2.05, 4.69) is 13.8 Å². The summed E-state index contributed by atoms with van der Waals surface area (Å²) in [5.41, 5.74) is 2.33. The zero-order valence-corrected chi connectivity index (χ0v) is 12.6. The Labute approximate surface area is 125 Å². The van der Waals surface area contributed by atoms with Crippen molar-refractivity contribution in [2.45, 2.75) is 44.9 Å². The third-order valence-corrected chi connectivity index (χ3v) is 4.35. The topological polar surface area (TPSA) is 55.8 Å². The second kappa shape index (κ2) is 5.58. The molecule has 0 spiro atoms. The predicted octanol–water partition coefficient (Wildman–Crippen LogP) is 3.55. The van der Waals surface area contributed by atoms with Gasteiger partial charge < -0.3 is 14.6 Å². The van der Waals surface area contributed by atoms with E-state index in [-0.39, 0.29) is 12.3 Å². The van der Waals surface area contributed by atoms with Gasteiger partial charge in [0.2, 0.25) is 0 Å². The fraction of sp³-hybridized carbons (Fsp3) is 0.588. The van der Waals surface area contributed by atoms with Gasteiger partial charge in [-0.2, -0.15) is 0 Å². The van der Waals surface area contributed by atoms with E-state index in [1.807, 2.05) is 12.1 Å². The van der Waals surface area contributed by atoms with E-state index in [1.54, 1.807) is 0 Å². The van der Waals surface area contributed by atoms with Gasteiger partial charge in [-0.05, 0) is 53.9 Å². The Balaban J connectivity index is 2.03. The van der Waals surface area contributed by atoms with Gasteiger partial charge in [-0.15, -0.1) is 0 Å². The molecule has 21 heavy (non-hydrogen) atoms. The summed E-state index contributed by atoms with van der Waals surface area (Å²) in [6, 6.07) is 4.07. The van der Waals surface area contributed by atoms with E-state index in [9.17, 15) is 9.90 Å². The summed E-state index contributed by atoms with van der Waals surface area (Å²) in [4.78, 5) is 11.2. The minimum atomic E-state index is -0.725. The maximum Gasteiger partial charge on any atom is 0.303 e. The smallest absolute Gasteiger partial charge is 0.303 e. The number of hydrogen-bond donors (Lipinski definition) is 1. The molecule has 1 aromatic carbocycles. The molecule has 1 fully saturated rings. The van der Waals surface area contributed by atoms with Crippen molar-refractivity contribution >= 4 is 5.97 Å². The van der Waals surface area contributed by atoms with Crippen LogP contribution in [0.2, 0.25) is 0 Å². The average Bonchev–Trinajstić information content (AvgIpc) is 3.27. The molecule has 0 aromatic heterocycles. The SMILES string of the molecule is CC(C)c1cc2c(cc1C(CC(=O)O)C1CC1)OCCO2. The van der Waals surface area contributed by atoms with Crippen LogP contribution in [0.15, 0.2) is 12.1 Å². The first-order chi connectivity index (χ1) is 10.1. The van der Waals surface area contributed by atoms with Gasteiger partial charge in [0.05, 0.1) is 6.42 Å². The average molecular weight is 290 g/mol. The first-order valence-corrected chi connectivity index (χ1v) is 7.71. The number of carboxylic acid groups (broad SMARTS) is 1. The maximum absolute atomic E-state index is 11.2. The number of carboxylic acids is 1. The number of aliphatic carboxylic acids is 1. The van der Waals surface area contributed by atoms with E-state index >= 15 is 0 Å². The van der Waals surface area contributed by atoms with Gasteiger partial charge in [-0.25, -0.2) is 0 Å². The Morgan fingerprint density at radius 1 is 1.19 bits per heavy atom. The highest BCUT2D eigenvalue weighted by Gasteiger charge is 2.36.